The van der Waals surface area contributed by atoms with Gasteiger partial charge < -0.3 is 4.74 Å². The third-order valence-electron chi connectivity index (χ3n) is 2.53. The number of nitrogens with zero attached hydrogens (tertiary/aromatic N) is 1. The first kappa shape index (κ1) is 10.4. The number of carbonyl (C=O) groups excluding carboxylic acids is 1. The van der Waals surface area contributed by atoms with Crippen LogP contribution in [0.15, 0.2) is 18.5 Å². The lowest BCUT2D eigenvalue weighted by Crippen LogP contribution is -2.07. The molecule has 1 aromatic heterocycles. The Balaban J connectivity index is 2.01. The molecule has 1 fully saturated rings. The van der Waals surface area contributed by atoms with Gasteiger partial charge in [0, 0.05) is 12.4 Å². The fourth-order valence-electron chi connectivity index (χ4n) is 1.70. The number of hydrogen-bond donors (Lipinski definition) is 0. The Kier molecular flexibility index (Phi) is 2.91. The quantitative estimate of drug-likeness (QED) is 0.742. The average Bonchev–Trinajstić information content (AvgIpc) is 2.97. The summed E-state index contributed by atoms with van der Waals surface area (Å²) in [4.78, 5) is 15.4. The summed E-state index contributed by atoms with van der Waals surface area (Å²) in [5.74, 6) is 0.142. The van der Waals surface area contributed by atoms with Crippen LogP contribution >= 0.6 is 11.6 Å². The number of hydrogen-bond acceptors (Lipinski definition) is 3. The van der Waals surface area contributed by atoms with E-state index in [1.165, 1.54) is 0 Å². The van der Waals surface area contributed by atoms with Gasteiger partial charge in [0.15, 0.2) is 0 Å². The molecule has 0 bridgehead atoms. The Morgan fingerprint density at radius 1 is 1.67 bits per heavy atom. The van der Waals surface area contributed by atoms with Crippen molar-refractivity contribution in [2.45, 2.75) is 19.3 Å². The van der Waals surface area contributed by atoms with E-state index >= 15 is 0 Å². The van der Waals surface area contributed by atoms with Gasteiger partial charge in [0.1, 0.15) is 0 Å². The van der Waals surface area contributed by atoms with Crippen molar-refractivity contribution in [3.8, 4) is 0 Å². The Morgan fingerprint density at radius 2 is 2.47 bits per heavy atom. The number of esters is 1. The smallest absolute Gasteiger partial charge is 0.309 e. The maximum atomic E-state index is 11.4. The fraction of sp³-hybridized carbons (Fsp3) is 0.455. The summed E-state index contributed by atoms with van der Waals surface area (Å²) < 4.78 is 4.96. The van der Waals surface area contributed by atoms with Gasteiger partial charge in [-0.2, -0.15) is 0 Å². The van der Waals surface area contributed by atoms with Crippen molar-refractivity contribution in [1.82, 2.24) is 4.98 Å². The van der Waals surface area contributed by atoms with E-state index in [0.29, 0.717) is 11.6 Å². The predicted molar refractivity (Wildman–Crippen MR) is 56.7 cm³/mol. The van der Waals surface area contributed by atoms with Crippen molar-refractivity contribution in [1.29, 1.82) is 0 Å². The highest BCUT2D eigenvalue weighted by Crippen LogP contribution is 2.48. The van der Waals surface area contributed by atoms with Crippen molar-refractivity contribution >= 4 is 17.6 Å². The van der Waals surface area contributed by atoms with Crippen molar-refractivity contribution in [2.24, 2.45) is 5.92 Å². The summed E-state index contributed by atoms with van der Waals surface area (Å²) >= 11 is 5.83. The number of pyridine rings is 1. The summed E-state index contributed by atoms with van der Waals surface area (Å²) in [5, 5.41) is 0.613. The monoisotopic (exact) mass is 225 g/mol. The molecule has 0 amide bonds. The normalized spacial score (nSPS) is 23.6. The van der Waals surface area contributed by atoms with Crippen LogP contribution in [0.3, 0.4) is 0 Å². The maximum Gasteiger partial charge on any atom is 0.309 e. The van der Waals surface area contributed by atoms with E-state index in [0.717, 1.165) is 12.0 Å². The third kappa shape index (κ3) is 2.29. The van der Waals surface area contributed by atoms with E-state index in [1.807, 2.05) is 13.0 Å². The topological polar surface area (TPSA) is 39.2 Å². The third-order valence-corrected chi connectivity index (χ3v) is 2.74. The van der Waals surface area contributed by atoms with Gasteiger partial charge in [-0.15, -0.1) is 0 Å². The second-order valence-electron chi connectivity index (χ2n) is 3.64. The van der Waals surface area contributed by atoms with Crippen LogP contribution in [0.4, 0.5) is 0 Å². The number of aromatic nitrogens is 1. The van der Waals surface area contributed by atoms with Crippen molar-refractivity contribution in [3.05, 3.63) is 29.0 Å². The van der Waals surface area contributed by atoms with Crippen LogP contribution in [0.25, 0.3) is 0 Å². The zero-order chi connectivity index (χ0) is 10.8. The Labute approximate surface area is 93.4 Å². The Morgan fingerprint density at radius 3 is 3.13 bits per heavy atom. The van der Waals surface area contributed by atoms with Gasteiger partial charge in [0.25, 0.3) is 0 Å². The minimum atomic E-state index is -0.109. The van der Waals surface area contributed by atoms with E-state index in [2.05, 4.69) is 4.98 Å². The standard InChI is InChI=1S/C11H12ClNO2/c1-2-15-11(14)10-4-9(10)7-3-8(12)6-13-5-7/h3,5-6,9-10H,2,4H2,1H3/t9-,10+/m1/s1. The minimum Gasteiger partial charge on any atom is -0.466 e. The van der Waals surface area contributed by atoms with Crippen LogP contribution in [0, 0.1) is 5.92 Å². The second-order valence-corrected chi connectivity index (χ2v) is 4.07. The van der Waals surface area contributed by atoms with Crippen molar-refractivity contribution < 1.29 is 9.53 Å². The molecule has 0 N–H and O–H groups in total. The van der Waals surface area contributed by atoms with E-state index in [9.17, 15) is 4.79 Å². The first-order valence-corrected chi connectivity index (χ1v) is 5.37. The van der Waals surface area contributed by atoms with Crippen molar-refractivity contribution in [2.75, 3.05) is 6.61 Å². The van der Waals surface area contributed by atoms with E-state index in [-0.39, 0.29) is 17.8 Å². The van der Waals surface area contributed by atoms with E-state index in [4.69, 9.17) is 16.3 Å². The van der Waals surface area contributed by atoms with Gasteiger partial charge in [-0.1, -0.05) is 11.6 Å². The zero-order valence-electron chi connectivity index (χ0n) is 8.44. The molecule has 1 aromatic rings. The molecule has 80 valence electrons. The Hall–Kier alpha value is -1.09. The lowest BCUT2D eigenvalue weighted by molar-refractivity contribution is -0.144. The summed E-state index contributed by atoms with van der Waals surface area (Å²) in [7, 11) is 0. The fourth-order valence-corrected chi connectivity index (χ4v) is 1.89. The van der Waals surface area contributed by atoms with Crippen LogP contribution in [0.2, 0.25) is 5.02 Å². The molecule has 0 unspecified atom stereocenters. The number of ether oxygens (including phenoxy) is 1. The molecular formula is C11H12ClNO2. The van der Waals surface area contributed by atoms with Gasteiger partial charge in [0.2, 0.25) is 0 Å². The molecule has 0 aromatic carbocycles. The molecule has 0 spiro atoms. The molecule has 15 heavy (non-hydrogen) atoms. The summed E-state index contributed by atoms with van der Waals surface area (Å²) in [6, 6.07) is 1.86. The molecule has 0 radical (unpaired) electrons. The van der Waals surface area contributed by atoms with Crippen LogP contribution in [0.1, 0.15) is 24.8 Å². The minimum absolute atomic E-state index is 0.00483. The molecule has 4 heteroatoms. The molecular weight excluding hydrogens is 214 g/mol. The molecule has 2 atom stereocenters. The predicted octanol–water partition coefficient (Wildman–Crippen LogP) is 2.40. The summed E-state index contributed by atoms with van der Waals surface area (Å²) in [6.45, 7) is 2.26. The van der Waals surface area contributed by atoms with Crippen LogP contribution in [-0.2, 0) is 9.53 Å². The molecule has 1 aliphatic rings. The largest absolute Gasteiger partial charge is 0.466 e. The average molecular weight is 226 g/mol. The van der Waals surface area contributed by atoms with Gasteiger partial charge in [-0.3, -0.25) is 9.78 Å². The first-order chi connectivity index (χ1) is 7.22. The summed E-state index contributed by atoms with van der Waals surface area (Å²) in [5.41, 5.74) is 1.03. The zero-order valence-corrected chi connectivity index (χ0v) is 9.20. The highest BCUT2D eigenvalue weighted by atomic mass is 35.5. The van der Waals surface area contributed by atoms with Gasteiger partial charge in [-0.25, -0.2) is 0 Å². The number of halogens is 1. The second kappa shape index (κ2) is 4.19. The van der Waals surface area contributed by atoms with Crippen LogP contribution in [0.5, 0.6) is 0 Å². The SMILES string of the molecule is CCOC(=O)[C@H]1C[C@@H]1c1cncc(Cl)c1. The highest BCUT2D eigenvalue weighted by Gasteiger charge is 2.45. The number of rotatable bonds is 3. The van der Waals surface area contributed by atoms with Crippen molar-refractivity contribution in [3.63, 3.8) is 0 Å². The number of carbonyl (C=O) groups is 1. The lowest BCUT2D eigenvalue weighted by Gasteiger charge is -2.01. The van der Waals surface area contributed by atoms with E-state index < -0.39 is 0 Å². The first-order valence-electron chi connectivity index (χ1n) is 4.99. The molecule has 0 saturated heterocycles. The Bertz CT molecular complexity index is 381. The maximum absolute atomic E-state index is 11.4. The molecule has 3 nitrogen and oxygen atoms in total. The molecule has 1 heterocycles. The van der Waals surface area contributed by atoms with Crippen LogP contribution < -0.4 is 0 Å². The molecule has 1 aliphatic carbocycles. The summed E-state index contributed by atoms with van der Waals surface area (Å²) in [6.07, 6.45) is 4.20. The lowest BCUT2D eigenvalue weighted by atomic mass is 10.1. The van der Waals surface area contributed by atoms with Gasteiger partial charge >= 0.3 is 5.97 Å². The van der Waals surface area contributed by atoms with Gasteiger partial charge in [0.05, 0.1) is 17.5 Å². The van der Waals surface area contributed by atoms with E-state index in [1.54, 1.807) is 12.4 Å². The van der Waals surface area contributed by atoms with Gasteiger partial charge in [-0.05, 0) is 30.9 Å². The molecule has 0 aliphatic heterocycles. The molecule has 1 saturated carbocycles. The van der Waals surface area contributed by atoms with Crippen LogP contribution in [-0.4, -0.2) is 17.6 Å². The molecule has 2 rings (SSSR count). The highest BCUT2D eigenvalue weighted by molar-refractivity contribution is 6.30.